The number of amides is 1. The van der Waals surface area contributed by atoms with Crippen molar-refractivity contribution < 1.29 is 19.4 Å². The van der Waals surface area contributed by atoms with Crippen LogP contribution >= 0.6 is 11.8 Å². The molecule has 6 heteroatoms. The number of aliphatic hydroxyl groups is 1. The molecule has 1 aliphatic rings. The number of esters is 1. The van der Waals surface area contributed by atoms with Gasteiger partial charge in [0.25, 0.3) is 0 Å². The molecule has 0 aromatic heterocycles. The van der Waals surface area contributed by atoms with Gasteiger partial charge in [-0.1, -0.05) is 30.3 Å². The summed E-state index contributed by atoms with van der Waals surface area (Å²) in [5, 5.41) is 10.1. The van der Waals surface area contributed by atoms with Crippen molar-refractivity contribution in [1.29, 1.82) is 0 Å². The zero-order chi connectivity index (χ0) is 17.4. The molecule has 1 heterocycles. The number of ether oxygens (including phenoxy) is 1. The van der Waals surface area contributed by atoms with Crippen LogP contribution in [-0.4, -0.2) is 53.1 Å². The Morgan fingerprint density at radius 2 is 2.12 bits per heavy atom. The zero-order valence-corrected chi connectivity index (χ0v) is 14.8. The quantitative estimate of drug-likeness (QED) is 0.763. The first kappa shape index (κ1) is 18.8. The Bertz CT molecular complexity index is 537. The van der Waals surface area contributed by atoms with Crippen LogP contribution in [0.5, 0.6) is 0 Å². The average molecular weight is 351 g/mol. The molecule has 1 aliphatic heterocycles. The summed E-state index contributed by atoms with van der Waals surface area (Å²) < 4.78 is 5.06. The van der Waals surface area contributed by atoms with E-state index in [1.54, 1.807) is 11.8 Å². The summed E-state index contributed by atoms with van der Waals surface area (Å²) in [5.41, 5.74) is 0.859. The molecule has 1 fully saturated rings. The lowest BCUT2D eigenvalue weighted by molar-refractivity contribution is -0.151. The molecular weight excluding hydrogens is 326 g/mol. The molecule has 0 saturated carbocycles. The smallest absolute Gasteiger partial charge is 0.310 e. The van der Waals surface area contributed by atoms with E-state index >= 15 is 0 Å². The van der Waals surface area contributed by atoms with E-state index in [1.165, 1.54) is 11.8 Å². The molecule has 1 aromatic rings. The van der Waals surface area contributed by atoms with Crippen LogP contribution in [0.25, 0.3) is 0 Å². The van der Waals surface area contributed by atoms with Gasteiger partial charge in [0.2, 0.25) is 5.91 Å². The van der Waals surface area contributed by atoms with E-state index in [9.17, 15) is 14.7 Å². The maximum atomic E-state index is 12.3. The number of rotatable bonds is 7. The van der Waals surface area contributed by atoms with Gasteiger partial charge in [-0.15, -0.1) is 11.8 Å². The maximum absolute atomic E-state index is 12.3. The lowest BCUT2D eigenvalue weighted by Gasteiger charge is -2.31. The summed E-state index contributed by atoms with van der Waals surface area (Å²) in [6, 6.07) is 9.43. The van der Waals surface area contributed by atoms with Crippen LogP contribution in [0.2, 0.25) is 0 Å². The van der Waals surface area contributed by atoms with Crippen LogP contribution in [0.15, 0.2) is 30.3 Å². The van der Waals surface area contributed by atoms with Gasteiger partial charge < -0.3 is 14.7 Å². The zero-order valence-electron chi connectivity index (χ0n) is 14.0. The van der Waals surface area contributed by atoms with Crippen molar-refractivity contribution in [2.24, 2.45) is 5.92 Å². The summed E-state index contributed by atoms with van der Waals surface area (Å²) in [5.74, 6) is 0.406. The Morgan fingerprint density at radius 3 is 2.83 bits per heavy atom. The van der Waals surface area contributed by atoms with Crippen LogP contribution in [-0.2, 0) is 14.3 Å². The molecule has 0 spiro atoms. The molecule has 0 aliphatic carbocycles. The van der Waals surface area contributed by atoms with Gasteiger partial charge in [-0.25, -0.2) is 0 Å². The summed E-state index contributed by atoms with van der Waals surface area (Å²) in [7, 11) is 0. The third-order valence-electron chi connectivity index (χ3n) is 4.08. The highest BCUT2D eigenvalue weighted by Crippen LogP contribution is 2.21. The number of aliphatic hydroxyl groups excluding tert-OH is 1. The largest absolute Gasteiger partial charge is 0.466 e. The minimum atomic E-state index is -0.572. The first-order valence-corrected chi connectivity index (χ1v) is 9.52. The number of carbonyl (C=O) groups is 2. The Balaban J connectivity index is 1.75. The maximum Gasteiger partial charge on any atom is 0.310 e. The fourth-order valence-corrected chi connectivity index (χ4v) is 3.67. The number of thioether (sulfide) groups is 1. The third-order valence-corrected chi connectivity index (χ3v) is 5.08. The van der Waals surface area contributed by atoms with Crippen LogP contribution in [0.3, 0.4) is 0 Å². The number of carbonyl (C=O) groups excluding carboxylic acids is 2. The van der Waals surface area contributed by atoms with E-state index in [2.05, 4.69) is 0 Å². The molecule has 132 valence electrons. The van der Waals surface area contributed by atoms with Crippen LogP contribution in [0.1, 0.15) is 31.4 Å². The van der Waals surface area contributed by atoms with Gasteiger partial charge in [0.15, 0.2) is 0 Å². The van der Waals surface area contributed by atoms with E-state index in [0.717, 1.165) is 18.4 Å². The molecule has 5 nitrogen and oxygen atoms in total. The third kappa shape index (κ3) is 5.53. The molecule has 2 rings (SSSR count). The van der Waals surface area contributed by atoms with Gasteiger partial charge in [-0.2, -0.15) is 0 Å². The molecule has 1 aromatic carbocycles. The minimum absolute atomic E-state index is 0.0225. The van der Waals surface area contributed by atoms with Crippen molar-refractivity contribution in [1.82, 2.24) is 4.90 Å². The number of hydrogen-bond donors (Lipinski definition) is 1. The molecule has 2 atom stereocenters. The van der Waals surface area contributed by atoms with E-state index in [4.69, 9.17) is 4.74 Å². The number of piperidine rings is 1. The van der Waals surface area contributed by atoms with Gasteiger partial charge in [-0.05, 0) is 25.3 Å². The van der Waals surface area contributed by atoms with E-state index in [1.807, 2.05) is 30.3 Å². The van der Waals surface area contributed by atoms with Crippen molar-refractivity contribution >= 4 is 23.6 Å². The van der Waals surface area contributed by atoms with Crippen molar-refractivity contribution in [3.8, 4) is 0 Å². The molecule has 0 bridgehead atoms. The highest BCUT2D eigenvalue weighted by Gasteiger charge is 2.29. The SMILES string of the molecule is CCOC(=O)C1CCCN(C(=O)CSCC(O)c2ccccc2)C1. The molecule has 1 N–H and O–H groups in total. The van der Waals surface area contributed by atoms with Gasteiger partial charge in [0.05, 0.1) is 24.4 Å². The summed E-state index contributed by atoms with van der Waals surface area (Å²) in [6.45, 7) is 3.30. The highest BCUT2D eigenvalue weighted by molar-refractivity contribution is 7.99. The van der Waals surface area contributed by atoms with Crippen molar-refractivity contribution in [2.45, 2.75) is 25.9 Å². The van der Waals surface area contributed by atoms with Gasteiger partial charge >= 0.3 is 5.97 Å². The van der Waals surface area contributed by atoms with Crippen LogP contribution < -0.4 is 0 Å². The Hall–Kier alpha value is -1.53. The lowest BCUT2D eigenvalue weighted by atomic mass is 9.98. The summed E-state index contributed by atoms with van der Waals surface area (Å²) >= 11 is 1.42. The lowest BCUT2D eigenvalue weighted by Crippen LogP contribution is -2.43. The minimum Gasteiger partial charge on any atom is -0.466 e. The van der Waals surface area contributed by atoms with Gasteiger partial charge in [0, 0.05) is 18.8 Å². The summed E-state index contributed by atoms with van der Waals surface area (Å²) in [6.07, 6.45) is 1.03. The second-order valence-electron chi connectivity index (χ2n) is 5.87. The van der Waals surface area contributed by atoms with Gasteiger partial charge in [0.1, 0.15) is 0 Å². The molecule has 24 heavy (non-hydrogen) atoms. The monoisotopic (exact) mass is 351 g/mol. The fourth-order valence-electron chi connectivity index (χ4n) is 2.78. The Morgan fingerprint density at radius 1 is 1.38 bits per heavy atom. The van der Waals surface area contributed by atoms with Crippen LogP contribution in [0.4, 0.5) is 0 Å². The summed E-state index contributed by atoms with van der Waals surface area (Å²) in [4.78, 5) is 25.9. The highest BCUT2D eigenvalue weighted by atomic mass is 32.2. The first-order chi connectivity index (χ1) is 11.6. The molecule has 2 unspecified atom stereocenters. The van der Waals surface area contributed by atoms with Crippen molar-refractivity contribution in [3.63, 3.8) is 0 Å². The topological polar surface area (TPSA) is 66.8 Å². The number of nitrogens with zero attached hydrogens (tertiary/aromatic N) is 1. The van der Waals surface area contributed by atoms with Crippen LogP contribution in [0, 0.1) is 5.92 Å². The fraction of sp³-hybridized carbons (Fsp3) is 0.556. The number of likely N-dealkylation sites (tertiary alicyclic amines) is 1. The molecule has 0 radical (unpaired) electrons. The van der Waals surface area contributed by atoms with Crippen molar-refractivity contribution in [3.05, 3.63) is 35.9 Å². The number of hydrogen-bond acceptors (Lipinski definition) is 5. The van der Waals surface area contributed by atoms with E-state index < -0.39 is 6.10 Å². The second kappa shape index (κ2) is 9.69. The Labute approximate surface area is 147 Å². The molecular formula is C18H25NO4S. The number of benzene rings is 1. The average Bonchev–Trinajstić information content (AvgIpc) is 2.62. The van der Waals surface area contributed by atoms with Crippen molar-refractivity contribution in [2.75, 3.05) is 31.2 Å². The standard InChI is InChI=1S/C18H25NO4S/c1-2-23-18(22)15-9-6-10-19(11-15)17(21)13-24-12-16(20)14-7-4-3-5-8-14/h3-5,7-8,15-16,20H,2,6,9-13H2,1H3. The van der Waals surface area contributed by atoms with E-state index in [-0.39, 0.29) is 17.8 Å². The van der Waals surface area contributed by atoms with E-state index in [0.29, 0.717) is 31.2 Å². The molecule has 1 amide bonds. The normalized spacial score (nSPS) is 18.9. The molecule has 1 saturated heterocycles. The first-order valence-electron chi connectivity index (χ1n) is 8.37. The van der Waals surface area contributed by atoms with Gasteiger partial charge in [-0.3, -0.25) is 9.59 Å². The predicted octanol–water partition coefficient (Wildman–Crippen LogP) is 2.25. The second-order valence-corrected chi connectivity index (χ2v) is 6.90. The Kier molecular flexibility index (Phi) is 7.59. The predicted molar refractivity (Wildman–Crippen MR) is 94.7 cm³/mol.